The van der Waals surface area contributed by atoms with Crippen molar-refractivity contribution in [3.05, 3.63) is 44.9 Å². The summed E-state index contributed by atoms with van der Waals surface area (Å²) in [6, 6.07) is 5.36. The molecule has 2 aromatic heterocycles. The lowest BCUT2D eigenvalue weighted by atomic mass is 10.2. The van der Waals surface area contributed by atoms with Gasteiger partial charge in [-0.15, -0.1) is 0 Å². The molecule has 2 aromatic rings. The first-order valence-electron chi connectivity index (χ1n) is 7.07. The molecule has 1 saturated heterocycles. The van der Waals surface area contributed by atoms with E-state index >= 15 is 0 Å². The van der Waals surface area contributed by atoms with Gasteiger partial charge in [0, 0.05) is 36.4 Å². The number of aromatic nitrogens is 2. The first-order chi connectivity index (χ1) is 10.0. The second-order valence-corrected chi connectivity index (χ2v) is 6.53. The molecule has 0 aliphatic carbocycles. The summed E-state index contributed by atoms with van der Waals surface area (Å²) in [6.45, 7) is 6.56. The van der Waals surface area contributed by atoms with E-state index in [4.69, 9.17) is 4.74 Å². The lowest BCUT2D eigenvalue weighted by Crippen LogP contribution is -2.45. The average molecular weight is 352 g/mol. The fourth-order valence-corrected chi connectivity index (χ4v) is 3.19. The summed E-state index contributed by atoms with van der Waals surface area (Å²) in [6.07, 6.45) is 2.17. The van der Waals surface area contributed by atoms with Crippen molar-refractivity contribution >= 4 is 21.6 Å². The summed E-state index contributed by atoms with van der Waals surface area (Å²) in [5.41, 5.74) is 1.43. The van der Waals surface area contributed by atoms with Gasteiger partial charge in [-0.3, -0.25) is 14.1 Å². The topological polar surface area (TPSA) is 46.8 Å². The van der Waals surface area contributed by atoms with Gasteiger partial charge in [0.15, 0.2) is 0 Å². The molecule has 0 bridgehead atoms. The van der Waals surface area contributed by atoms with Crippen LogP contribution in [0.2, 0.25) is 0 Å². The van der Waals surface area contributed by atoms with Gasteiger partial charge in [-0.2, -0.15) is 0 Å². The number of fused-ring (bicyclic) bond motifs is 1. The number of ether oxygens (including phenoxy) is 1. The van der Waals surface area contributed by atoms with Gasteiger partial charge in [0.25, 0.3) is 5.56 Å². The normalized spacial score (nSPS) is 23.6. The van der Waals surface area contributed by atoms with Crippen LogP contribution in [0.25, 0.3) is 5.65 Å². The first kappa shape index (κ1) is 14.7. The van der Waals surface area contributed by atoms with Crippen molar-refractivity contribution in [2.24, 2.45) is 0 Å². The van der Waals surface area contributed by atoms with Gasteiger partial charge in [0.05, 0.1) is 17.9 Å². The molecule has 0 spiro atoms. The second-order valence-electron chi connectivity index (χ2n) is 5.61. The molecule has 2 unspecified atom stereocenters. The quantitative estimate of drug-likeness (QED) is 0.830. The Labute approximate surface area is 131 Å². The molecule has 3 rings (SSSR count). The van der Waals surface area contributed by atoms with E-state index in [0.717, 1.165) is 23.3 Å². The molecular formula is C15H18BrN3O2. The molecule has 0 aromatic carbocycles. The maximum absolute atomic E-state index is 12.2. The van der Waals surface area contributed by atoms with E-state index in [9.17, 15) is 4.79 Å². The van der Waals surface area contributed by atoms with Crippen molar-refractivity contribution < 1.29 is 4.74 Å². The minimum Gasteiger partial charge on any atom is -0.373 e. The zero-order chi connectivity index (χ0) is 15.0. The molecule has 3 heterocycles. The maximum Gasteiger partial charge on any atom is 0.258 e. The average Bonchev–Trinajstić information content (AvgIpc) is 2.38. The highest BCUT2D eigenvalue weighted by atomic mass is 79.9. The fourth-order valence-electron chi connectivity index (χ4n) is 2.85. The van der Waals surface area contributed by atoms with Gasteiger partial charge in [-0.1, -0.05) is 0 Å². The summed E-state index contributed by atoms with van der Waals surface area (Å²) >= 11 is 3.37. The Bertz CT molecular complexity index is 706. The highest BCUT2D eigenvalue weighted by Gasteiger charge is 2.22. The molecule has 6 heteroatoms. The third-order valence-electron chi connectivity index (χ3n) is 3.56. The molecule has 21 heavy (non-hydrogen) atoms. The van der Waals surface area contributed by atoms with E-state index in [0.29, 0.717) is 12.2 Å². The fraction of sp³-hybridized carbons (Fsp3) is 0.467. The van der Waals surface area contributed by atoms with Crippen LogP contribution in [-0.2, 0) is 11.3 Å². The van der Waals surface area contributed by atoms with Crippen molar-refractivity contribution in [1.82, 2.24) is 14.3 Å². The van der Waals surface area contributed by atoms with Gasteiger partial charge < -0.3 is 4.74 Å². The van der Waals surface area contributed by atoms with Crippen LogP contribution in [0.4, 0.5) is 0 Å². The Morgan fingerprint density at radius 1 is 1.33 bits per heavy atom. The minimum atomic E-state index is -0.0503. The standard InChI is InChI=1S/C15H18BrN3O2/c1-10-6-18(7-11(2)21-10)9-13-5-15(20)19-8-12(16)3-4-14(19)17-13/h3-5,8,10-11H,6-7,9H2,1-2H3. The number of hydrogen-bond acceptors (Lipinski definition) is 4. The van der Waals surface area contributed by atoms with E-state index in [2.05, 4.69) is 39.7 Å². The third-order valence-corrected chi connectivity index (χ3v) is 4.03. The van der Waals surface area contributed by atoms with Crippen LogP contribution < -0.4 is 5.56 Å². The first-order valence-corrected chi connectivity index (χ1v) is 7.86. The van der Waals surface area contributed by atoms with Crippen LogP contribution in [0.3, 0.4) is 0 Å². The van der Waals surface area contributed by atoms with Gasteiger partial charge in [0.1, 0.15) is 5.65 Å². The number of halogens is 1. The van der Waals surface area contributed by atoms with Crippen LogP contribution in [0.15, 0.2) is 33.7 Å². The maximum atomic E-state index is 12.2. The zero-order valence-corrected chi connectivity index (χ0v) is 13.7. The molecule has 1 aliphatic heterocycles. The third kappa shape index (κ3) is 3.33. The van der Waals surface area contributed by atoms with Gasteiger partial charge in [-0.05, 0) is 41.9 Å². The smallest absolute Gasteiger partial charge is 0.258 e. The van der Waals surface area contributed by atoms with Crippen molar-refractivity contribution in [3.8, 4) is 0 Å². The Balaban J connectivity index is 1.87. The summed E-state index contributed by atoms with van der Waals surface area (Å²) in [5.74, 6) is 0. The lowest BCUT2D eigenvalue weighted by molar-refractivity contribution is -0.0707. The molecule has 0 radical (unpaired) electrons. The highest BCUT2D eigenvalue weighted by Crippen LogP contribution is 2.14. The summed E-state index contributed by atoms with van der Waals surface area (Å²) in [5, 5.41) is 0. The predicted molar refractivity (Wildman–Crippen MR) is 84.4 cm³/mol. The Kier molecular flexibility index (Phi) is 4.10. The highest BCUT2D eigenvalue weighted by molar-refractivity contribution is 9.10. The molecule has 0 amide bonds. The summed E-state index contributed by atoms with van der Waals surface area (Å²) in [7, 11) is 0. The predicted octanol–water partition coefficient (Wildman–Crippen LogP) is 2.07. The number of rotatable bonds is 2. The second kappa shape index (κ2) is 5.87. The largest absolute Gasteiger partial charge is 0.373 e. The molecule has 5 nitrogen and oxygen atoms in total. The summed E-state index contributed by atoms with van der Waals surface area (Å²) < 4.78 is 8.15. The van der Waals surface area contributed by atoms with Gasteiger partial charge >= 0.3 is 0 Å². The van der Waals surface area contributed by atoms with Crippen LogP contribution in [0.1, 0.15) is 19.5 Å². The molecule has 1 fully saturated rings. The number of hydrogen-bond donors (Lipinski definition) is 0. The molecule has 2 atom stereocenters. The molecule has 0 N–H and O–H groups in total. The molecule has 0 saturated carbocycles. The van der Waals surface area contributed by atoms with Gasteiger partial charge in [0.2, 0.25) is 0 Å². The van der Waals surface area contributed by atoms with Crippen molar-refractivity contribution in [2.75, 3.05) is 13.1 Å². The van der Waals surface area contributed by atoms with E-state index in [1.165, 1.54) is 0 Å². The zero-order valence-electron chi connectivity index (χ0n) is 12.1. The molecule has 1 aliphatic rings. The molecule has 112 valence electrons. The monoisotopic (exact) mass is 351 g/mol. The van der Waals surface area contributed by atoms with Crippen LogP contribution in [0.5, 0.6) is 0 Å². The minimum absolute atomic E-state index is 0.0503. The van der Waals surface area contributed by atoms with Crippen molar-refractivity contribution in [2.45, 2.75) is 32.6 Å². The Hall–Kier alpha value is -1.24. The van der Waals surface area contributed by atoms with Crippen molar-refractivity contribution in [3.63, 3.8) is 0 Å². The SMILES string of the molecule is CC1CN(Cc2cc(=O)n3cc(Br)ccc3n2)CC(C)O1. The van der Waals surface area contributed by atoms with Crippen molar-refractivity contribution in [1.29, 1.82) is 0 Å². The van der Waals surface area contributed by atoms with E-state index < -0.39 is 0 Å². The van der Waals surface area contributed by atoms with E-state index in [1.807, 2.05) is 12.1 Å². The van der Waals surface area contributed by atoms with Crippen LogP contribution in [-0.4, -0.2) is 39.6 Å². The van der Waals surface area contributed by atoms with E-state index in [1.54, 1.807) is 16.7 Å². The Morgan fingerprint density at radius 2 is 2.05 bits per heavy atom. The molecular weight excluding hydrogens is 334 g/mol. The van der Waals surface area contributed by atoms with Crippen LogP contribution >= 0.6 is 15.9 Å². The van der Waals surface area contributed by atoms with Gasteiger partial charge in [-0.25, -0.2) is 4.98 Å². The number of nitrogens with zero attached hydrogens (tertiary/aromatic N) is 3. The summed E-state index contributed by atoms with van der Waals surface area (Å²) in [4.78, 5) is 19.0. The van der Waals surface area contributed by atoms with E-state index in [-0.39, 0.29) is 17.8 Å². The number of morpholine rings is 1. The Morgan fingerprint density at radius 3 is 2.76 bits per heavy atom. The number of pyridine rings is 1. The van der Waals surface area contributed by atoms with Crippen LogP contribution in [0, 0.1) is 0 Å². The lowest BCUT2D eigenvalue weighted by Gasteiger charge is -2.35.